The molecule has 0 aliphatic heterocycles. The van der Waals surface area contributed by atoms with Gasteiger partial charge in [0.15, 0.2) is 23.6 Å². The Morgan fingerprint density at radius 2 is 1.31 bits per heavy atom. The van der Waals surface area contributed by atoms with Crippen LogP contribution < -0.4 is 0 Å². The van der Waals surface area contributed by atoms with E-state index in [9.17, 15) is 24.0 Å². The highest BCUT2D eigenvalue weighted by molar-refractivity contribution is 6.16. The number of Topliss-reactive ketones (excluding diaryl/α,β-unsaturated/α-hetero) is 3. The largest absolute Gasteiger partial charge is 0.466 e. The number of hydrogen-bond donors (Lipinski definition) is 1. The molecule has 2 rings (SSSR count). The molecule has 1 aromatic heterocycles. The summed E-state index contributed by atoms with van der Waals surface area (Å²) in [4.78, 5) is 54.3. The fourth-order valence-electron chi connectivity index (χ4n) is 2.15. The Hall–Kier alpha value is -4.41. The van der Waals surface area contributed by atoms with Crippen molar-refractivity contribution in [2.24, 2.45) is 0 Å². The minimum absolute atomic E-state index is 0.0120. The van der Waals surface area contributed by atoms with Gasteiger partial charge >= 0.3 is 11.9 Å². The zero-order valence-electron chi connectivity index (χ0n) is 22.6. The molecule has 0 amide bonds. The molecule has 1 heterocycles. The number of ketones is 3. The zero-order chi connectivity index (χ0) is 30.0. The molecular weight excluding hydrogens is 508 g/mol. The van der Waals surface area contributed by atoms with E-state index in [1.54, 1.807) is 19.1 Å². The Balaban J connectivity index is 0.000000568. The van der Waals surface area contributed by atoms with E-state index in [2.05, 4.69) is 19.7 Å². The summed E-state index contributed by atoms with van der Waals surface area (Å²) in [6.07, 6.45) is 0.339. The van der Waals surface area contributed by atoms with Crippen LogP contribution >= 0.6 is 0 Å². The average Bonchev–Trinajstić information content (AvgIpc) is 3.44. The molecule has 0 saturated carbocycles. The van der Waals surface area contributed by atoms with Gasteiger partial charge < -0.3 is 23.7 Å². The van der Waals surface area contributed by atoms with Crippen molar-refractivity contribution < 1.29 is 47.7 Å². The van der Waals surface area contributed by atoms with Gasteiger partial charge in [-0.1, -0.05) is 50.1 Å². The quantitative estimate of drug-likeness (QED) is 0.138. The zero-order valence-corrected chi connectivity index (χ0v) is 22.6. The minimum atomic E-state index is -1.14. The number of aliphatic hydroxyl groups excluding tert-OH is 1. The number of aliphatic hydroxyl groups is 1. The normalized spacial score (nSPS) is 10.3. The molecule has 0 fully saturated rings. The standard InChI is InChI=1S/C12H12O3.C10H10O4.C7H12O3/c1-9(10(2)13)12(14)15-8-11-6-4-3-5-7-11;1-7(8(2)11)10(12)14-6-9-4-3-5-13-9;1-4-10-7(9)5(2)6(3)8/h3-7H,1,8H2,2H3;3-5H,1,6H2,2H3;7,9H,2,4H2,1,3H3. The van der Waals surface area contributed by atoms with E-state index < -0.39 is 24.0 Å². The van der Waals surface area contributed by atoms with Crippen molar-refractivity contribution in [2.45, 2.75) is 47.2 Å². The lowest BCUT2D eigenvalue weighted by Gasteiger charge is -2.09. The van der Waals surface area contributed by atoms with Gasteiger partial charge in [0.05, 0.1) is 17.4 Å². The van der Waals surface area contributed by atoms with Crippen LogP contribution in [-0.2, 0) is 51.4 Å². The summed E-state index contributed by atoms with van der Waals surface area (Å²) in [6, 6.07) is 12.6. The third kappa shape index (κ3) is 14.8. The summed E-state index contributed by atoms with van der Waals surface area (Å²) < 4.78 is 19.3. The number of ether oxygens (including phenoxy) is 3. The highest BCUT2D eigenvalue weighted by atomic mass is 16.6. The first kappa shape index (κ1) is 34.6. The predicted octanol–water partition coefficient (Wildman–Crippen LogP) is 3.83. The first-order valence-electron chi connectivity index (χ1n) is 11.6. The number of carbonyl (C=O) groups is 5. The molecule has 0 aliphatic carbocycles. The molecule has 1 atom stereocenters. The van der Waals surface area contributed by atoms with Gasteiger partial charge in [-0.3, -0.25) is 14.4 Å². The lowest BCUT2D eigenvalue weighted by atomic mass is 10.2. The maximum atomic E-state index is 11.2. The molecule has 2 aromatic rings. The molecule has 1 aromatic carbocycles. The first-order valence-corrected chi connectivity index (χ1v) is 11.6. The Bertz CT molecular complexity index is 1140. The summed E-state index contributed by atoms with van der Waals surface area (Å²) >= 11 is 0. The number of benzene rings is 1. The molecule has 39 heavy (non-hydrogen) atoms. The smallest absolute Gasteiger partial charge is 0.341 e. The summed E-state index contributed by atoms with van der Waals surface area (Å²) in [6.45, 7) is 16.1. The number of esters is 2. The fraction of sp³-hybridized carbons (Fsp3) is 0.276. The van der Waals surface area contributed by atoms with E-state index in [4.69, 9.17) is 23.7 Å². The molecule has 0 aliphatic rings. The van der Waals surface area contributed by atoms with Crippen LogP contribution in [0.5, 0.6) is 0 Å². The summed E-state index contributed by atoms with van der Waals surface area (Å²) in [5, 5.41) is 8.95. The van der Waals surface area contributed by atoms with Gasteiger partial charge in [-0.25, -0.2) is 9.59 Å². The van der Waals surface area contributed by atoms with Crippen LogP contribution in [-0.4, -0.2) is 47.3 Å². The highest BCUT2D eigenvalue weighted by Gasteiger charge is 2.14. The molecule has 0 saturated heterocycles. The average molecular weight is 543 g/mol. The lowest BCUT2D eigenvalue weighted by molar-refractivity contribution is -0.143. The summed E-state index contributed by atoms with van der Waals surface area (Å²) in [5.41, 5.74) is 0.700. The maximum absolute atomic E-state index is 11.2. The van der Waals surface area contributed by atoms with Crippen LogP contribution in [0.4, 0.5) is 0 Å². The molecule has 1 N–H and O–H groups in total. The molecule has 10 heteroatoms. The lowest BCUT2D eigenvalue weighted by Crippen LogP contribution is -2.18. The summed E-state index contributed by atoms with van der Waals surface area (Å²) in [7, 11) is 0. The Labute approximate surface area is 227 Å². The van der Waals surface area contributed by atoms with Crippen molar-refractivity contribution in [1.82, 2.24) is 0 Å². The number of furan rings is 1. The molecule has 0 bridgehead atoms. The third-order valence-corrected chi connectivity index (χ3v) is 4.56. The minimum Gasteiger partial charge on any atom is -0.466 e. The van der Waals surface area contributed by atoms with Crippen molar-refractivity contribution in [2.75, 3.05) is 6.61 Å². The Morgan fingerprint density at radius 1 is 0.795 bits per heavy atom. The van der Waals surface area contributed by atoms with Gasteiger partial charge in [0, 0.05) is 12.2 Å². The Kier molecular flexibility index (Phi) is 16.7. The van der Waals surface area contributed by atoms with Gasteiger partial charge in [-0.2, -0.15) is 0 Å². The number of hydrogen-bond acceptors (Lipinski definition) is 10. The second-order valence-electron chi connectivity index (χ2n) is 7.68. The van der Waals surface area contributed by atoms with Crippen molar-refractivity contribution in [3.63, 3.8) is 0 Å². The maximum Gasteiger partial charge on any atom is 0.341 e. The van der Waals surface area contributed by atoms with E-state index >= 15 is 0 Å². The monoisotopic (exact) mass is 542 g/mol. The van der Waals surface area contributed by atoms with E-state index in [0.29, 0.717) is 12.4 Å². The van der Waals surface area contributed by atoms with E-state index in [0.717, 1.165) is 5.56 Å². The van der Waals surface area contributed by atoms with Crippen molar-refractivity contribution in [3.8, 4) is 0 Å². The highest BCUT2D eigenvalue weighted by Crippen LogP contribution is 2.05. The van der Waals surface area contributed by atoms with Crippen molar-refractivity contribution in [3.05, 3.63) is 96.5 Å². The van der Waals surface area contributed by atoms with Crippen molar-refractivity contribution >= 4 is 29.3 Å². The number of rotatable bonds is 12. The molecule has 1 unspecified atom stereocenters. The van der Waals surface area contributed by atoms with Gasteiger partial charge in [-0.05, 0) is 45.4 Å². The molecular formula is C29H34O10. The second kappa shape index (κ2) is 18.8. The SMILES string of the molecule is C=C(C(C)=O)C(=O)OCc1ccccc1.C=C(C(C)=O)C(=O)OCc1ccco1.C=C(C(C)=O)C(O)OCC. The molecule has 210 valence electrons. The summed E-state index contributed by atoms with van der Waals surface area (Å²) in [5.74, 6) is -1.86. The van der Waals surface area contributed by atoms with Crippen LogP contribution in [0.25, 0.3) is 0 Å². The molecule has 0 spiro atoms. The van der Waals surface area contributed by atoms with Crippen LogP contribution in [0.15, 0.2) is 89.6 Å². The van der Waals surface area contributed by atoms with Gasteiger partial charge in [0.2, 0.25) is 0 Å². The van der Waals surface area contributed by atoms with Gasteiger partial charge in [0.1, 0.15) is 19.0 Å². The fourth-order valence-corrected chi connectivity index (χ4v) is 2.15. The van der Waals surface area contributed by atoms with Crippen LogP contribution in [0.1, 0.15) is 39.0 Å². The predicted molar refractivity (Wildman–Crippen MR) is 142 cm³/mol. The first-order chi connectivity index (χ1) is 18.3. The van der Waals surface area contributed by atoms with Crippen LogP contribution in [0.2, 0.25) is 0 Å². The molecule has 10 nitrogen and oxygen atoms in total. The Morgan fingerprint density at radius 3 is 1.72 bits per heavy atom. The van der Waals surface area contributed by atoms with Gasteiger partial charge in [-0.15, -0.1) is 0 Å². The third-order valence-electron chi connectivity index (χ3n) is 4.56. The number of carbonyl (C=O) groups excluding carboxylic acids is 5. The van der Waals surface area contributed by atoms with Crippen molar-refractivity contribution in [1.29, 1.82) is 0 Å². The van der Waals surface area contributed by atoms with E-state index in [1.807, 2.05) is 30.3 Å². The van der Waals surface area contributed by atoms with E-state index in [1.165, 1.54) is 27.0 Å². The van der Waals surface area contributed by atoms with Crippen LogP contribution in [0.3, 0.4) is 0 Å². The molecule has 0 radical (unpaired) electrons. The van der Waals surface area contributed by atoms with E-state index in [-0.39, 0.29) is 41.5 Å². The second-order valence-corrected chi connectivity index (χ2v) is 7.68. The van der Waals surface area contributed by atoms with Gasteiger partial charge in [0.25, 0.3) is 0 Å². The van der Waals surface area contributed by atoms with Crippen LogP contribution in [0, 0.1) is 0 Å². The topological polar surface area (TPSA) is 146 Å².